The Morgan fingerprint density at radius 2 is 2.11 bits per heavy atom. The first kappa shape index (κ1) is 13.7. The van der Waals surface area contributed by atoms with Crippen LogP contribution in [0.1, 0.15) is 15.4 Å². The lowest BCUT2D eigenvalue weighted by molar-refractivity contribution is -0.142. The summed E-state index contributed by atoms with van der Waals surface area (Å²) in [4.78, 5) is 13.0. The van der Waals surface area contributed by atoms with Crippen LogP contribution in [0.15, 0.2) is 40.3 Å². The van der Waals surface area contributed by atoms with E-state index in [1.807, 2.05) is 0 Å². The monoisotopic (exact) mass is 289 g/mol. The smallest absolute Gasteiger partial charge is 0.406 e. The fourth-order valence-electron chi connectivity index (χ4n) is 1.56. The maximum absolute atomic E-state index is 12.5. The molecule has 2 rings (SSSR count). The molecular weight excluding hydrogens is 279 g/mol. The average Bonchev–Trinajstić information content (AvgIpc) is 2.98. The number of rotatable bonds is 4. The molecule has 2 heterocycles. The zero-order valence-electron chi connectivity index (χ0n) is 9.68. The van der Waals surface area contributed by atoms with Crippen LogP contribution in [0.4, 0.5) is 13.2 Å². The summed E-state index contributed by atoms with van der Waals surface area (Å²) in [6.45, 7) is -1.51. The summed E-state index contributed by atoms with van der Waals surface area (Å²) in [6, 6.07) is 6.22. The second kappa shape index (κ2) is 5.48. The molecule has 3 nitrogen and oxygen atoms in total. The van der Waals surface area contributed by atoms with E-state index in [4.69, 9.17) is 4.42 Å². The van der Waals surface area contributed by atoms with E-state index in [-0.39, 0.29) is 11.4 Å². The van der Waals surface area contributed by atoms with Gasteiger partial charge in [0.25, 0.3) is 5.91 Å². The van der Waals surface area contributed by atoms with E-state index in [1.165, 1.54) is 18.4 Å². The highest BCUT2D eigenvalue weighted by Gasteiger charge is 2.34. The van der Waals surface area contributed by atoms with Gasteiger partial charge >= 0.3 is 6.18 Å². The van der Waals surface area contributed by atoms with Gasteiger partial charge in [0, 0.05) is 0 Å². The first-order chi connectivity index (χ1) is 8.96. The Balaban J connectivity index is 2.16. The van der Waals surface area contributed by atoms with Crippen molar-refractivity contribution in [3.05, 3.63) is 46.5 Å². The fraction of sp³-hybridized carbons (Fsp3) is 0.250. The Bertz CT molecular complexity index is 520. The topological polar surface area (TPSA) is 33.5 Å². The SMILES string of the molecule is O=C(c1cccs1)N(Cc1ccco1)CC(F)(F)F. The Morgan fingerprint density at radius 1 is 1.32 bits per heavy atom. The molecule has 0 atom stereocenters. The Morgan fingerprint density at radius 3 is 2.63 bits per heavy atom. The van der Waals surface area contributed by atoms with Crippen LogP contribution in [0, 0.1) is 0 Å². The molecule has 1 amide bonds. The maximum Gasteiger partial charge on any atom is 0.406 e. The molecule has 0 bridgehead atoms. The summed E-state index contributed by atoms with van der Waals surface area (Å²) in [5.41, 5.74) is 0. The number of carbonyl (C=O) groups excluding carboxylic acids is 1. The molecule has 0 unspecified atom stereocenters. The molecule has 2 aromatic rings. The quantitative estimate of drug-likeness (QED) is 0.862. The molecule has 0 saturated heterocycles. The van der Waals surface area contributed by atoms with Gasteiger partial charge in [-0.1, -0.05) is 6.07 Å². The number of furan rings is 1. The number of carbonyl (C=O) groups is 1. The van der Waals surface area contributed by atoms with E-state index in [2.05, 4.69) is 0 Å². The number of amides is 1. The van der Waals surface area contributed by atoms with Gasteiger partial charge in [0.2, 0.25) is 0 Å². The Hall–Kier alpha value is -1.76. The Labute approximate surface area is 111 Å². The lowest BCUT2D eigenvalue weighted by atomic mass is 10.3. The average molecular weight is 289 g/mol. The van der Waals surface area contributed by atoms with Crippen LogP contribution in [0.5, 0.6) is 0 Å². The summed E-state index contributed by atoms with van der Waals surface area (Å²) in [6.07, 6.45) is -3.09. The summed E-state index contributed by atoms with van der Waals surface area (Å²) >= 11 is 1.11. The van der Waals surface area contributed by atoms with Crippen molar-refractivity contribution in [2.45, 2.75) is 12.7 Å². The number of thiophene rings is 1. The van der Waals surface area contributed by atoms with Crippen LogP contribution in [0.2, 0.25) is 0 Å². The second-order valence-corrected chi connectivity index (χ2v) is 4.78. The van der Waals surface area contributed by atoms with Crippen LogP contribution < -0.4 is 0 Å². The first-order valence-corrected chi connectivity index (χ1v) is 6.25. The van der Waals surface area contributed by atoms with Crippen molar-refractivity contribution < 1.29 is 22.4 Å². The van der Waals surface area contributed by atoms with E-state index < -0.39 is 18.6 Å². The zero-order chi connectivity index (χ0) is 13.9. The van der Waals surface area contributed by atoms with Gasteiger partial charge in [-0.3, -0.25) is 4.79 Å². The van der Waals surface area contributed by atoms with Crippen molar-refractivity contribution in [3.8, 4) is 0 Å². The van der Waals surface area contributed by atoms with Gasteiger partial charge in [0.05, 0.1) is 17.7 Å². The van der Waals surface area contributed by atoms with Gasteiger partial charge in [0.1, 0.15) is 12.3 Å². The van der Waals surface area contributed by atoms with Crippen LogP contribution >= 0.6 is 11.3 Å². The lowest BCUT2D eigenvalue weighted by Crippen LogP contribution is -2.38. The molecule has 0 aliphatic heterocycles. The molecule has 2 aromatic heterocycles. The molecule has 0 aliphatic rings. The van der Waals surface area contributed by atoms with Crippen LogP contribution in [-0.4, -0.2) is 23.5 Å². The molecule has 0 spiro atoms. The van der Waals surface area contributed by atoms with E-state index >= 15 is 0 Å². The van der Waals surface area contributed by atoms with Gasteiger partial charge < -0.3 is 9.32 Å². The minimum Gasteiger partial charge on any atom is -0.467 e. The van der Waals surface area contributed by atoms with Crippen molar-refractivity contribution in [2.24, 2.45) is 0 Å². The van der Waals surface area contributed by atoms with Crippen LogP contribution in [0.25, 0.3) is 0 Å². The van der Waals surface area contributed by atoms with Gasteiger partial charge in [0.15, 0.2) is 0 Å². The van der Waals surface area contributed by atoms with E-state index in [0.29, 0.717) is 5.76 Å². The van der Waals surface area contributed by atoms with Gasteiger partial charge in [-0.25, -0.2) is 0 Å². The van der Waals surface area contributed by atoms with E-state index in [9.17, 15) is 18.0 Å². The number of nitrogens with zero attached hydrogens (tertiary/aromatic N) is 1. The number of alkyl halides is 3. The molecule has 0 saturated carbocycles. The lowest BCUT2D eigenvalue weighted by Gasteiger charge is -2.22. The normalized spacial score (nSPS) is 11.5. The summed E-state index contributed by atoms with van der Waals surface area (Å²) in [7, 11) is 0. The molecular formula is C12H10F3NO2S. The highest BCUT2D eigenvalue weighted by molar-refractivity contribution is 7.12. The molecule has 7 heteroatoms. The van der Waals surface area contributed by atoms with Crippen molar-refractivity contribution >= 4 is 17.2 Å². The first-order valence-electron chi connectivity index (χ1n) is 5.37. The highest BCUT2D eigenvalue weighted by atomic mass is 32.1. The fourth-order valence-corrected chi connectivity index (χ4v) is 2.25. The van der Waals surface area contributed by atoms with Gasteiger partial charge in [-0.15, -0.1) is 11.3 Å². The second-order valence-electron chi connectivity index (χ2n) is 3.83. The molecule has 0 N–H and O–H groups in total. The molecule has 0 aliphatic carbocycles. The standard InChI is InChI=1S/C12H10F3NO2S/c13-12(14,15)8-16(7-9-3-1-5-18-9)11(17)10-4-2-6-19-10/h1-6H,7-8H2. The van der Waals surface area contributed by atoms with Crippen molar-refractivity contribution in [3.63, 3.8) is 0 Å². The number of halogens is 3. The molecule has 102 valence electrons. The van der Waals surface area contributed by atoms with Gasteiger partial charge in [-0.2, -0.15) is 13.2 Å². The van der Waals surface area contributed by atoms with Gasteiger partial charge in [-0.05, 0) is 23.6 Å². The summed E-state index contributed by atoms with van der Waals surface area (Å²) in [5, 5.41) is 1.64. The number of hydrogen-bond donors (Lipinski definition) is 0. The predicted molar refractivity (Wildman–Crippen MR) is 63.8 cm³/mol. The number of hydrogen-bond acceptors (Lipinski definition) is 3. The molecule has 0 radical (unpaired) electrons. The van der Waals surface area contributed by atoms with Crippen LogP contribution in [-0.2, 0) is 6.54 Å². The predicted octanol–water partition coefficient (Wildman–Crippen LogP) is 3.55. The summed E-state index contributed by atoms with van der Waals surface area (Å²) in [5.74, 6) is -0.335. The molecule has 0 fully saturated rings. The van der Waals surface area contributed by atoms with Crippen molar-refractivity contribution in [1.82, 2.24) is 4.90 Å². The van der Waals surface area contributed by atoms with Crippen molar-refractivity contribution in [2.75, 3.05) is 6.54 Å². The largest absolute Gasteiger partial charge is 0.467 e. The minimum absolute atomic E-state index is 0.205. The highest BCUT2D eigenvalue weighted by Crippen LogP contribution is 2.21. The van der Waals surface area contributed by atoms with Crippen LogP contribution in [0.3, 0.4) is 0 Å². The van der Waals surface area contributed by atoms with Crippen molar-refractivity contribution in [1.29, 1.82) is 0 Å². The minimum atomic E-state index is -4.44. The maximum atomic E-state index is 12.5. The molecule has 0 aromatic carbocycles. The zero-order valence-corrected chi connectivity index (χ0v) is 10.5. The summed E-state index contributed by atoms with van der Waals surface area (Å²) < 4.78 is 42.5. The third-order valence-corrected chi connectivity index (χ3v) is 3.17. The Kier molecular flexibility index (Phi) is 3.94. The van der Waals surface area contributed by atoms with E-state index in [0.717, 1.165) is 16.2 Å². The van der Waals surface area contributed by atoms with E-state index in [1.54, 1.807) is 17.5 Å². The third-order valence-electron chi connectivity index (χ3n) is 2.32. The molecule has 19 heavy (non-hydrogen) atoms. The third kappa shape index (κ3) is 3.85.